The molecule has 2 heterocycles. The maximum absolute atomic E-state index is 13.9. The Kier molecular flexibility index (Phi) is 5.59. The fraction of sp³-hybridized carbons (Fsp3) is 0.0500. The van der Waals surface area contributed by atoms with Crippen molar-refractivity contribution >= 4 is 27.6 Å². The Balaban J connectivity index is 1.84. The van der Waals surface area contributed by atoms with Crippen LogP contribution in [0.3, 0.4) is 0 Å². The van der Waals surface area contributed by atoms with E-state index in [0.29, 0.717) is 11.8 Å². The van der Waals surface area contributed by atoms with E-state index in [1.54, 1.807) is 0 Å². The number of nitrogens with two attached hydrogens (primary N) is 1. The first-order chi connectivity index (χ1) is 15.2. The molecule has 32 heavy (non-hydrogen) atoms. The number of benzene rings is 2. The standard InChI is InChI=1S/C20H14F2N4O4S2/c21-16-6-3-12(8-17(16)22)18-15(7-11-1-4-14(5-2-11)32(23,29)30)19(28)26(25-18)20-24-13(9-27)10-31-20/h1-6,8-10,25H,7H2,(H2,23,29,30). The van der Waals surface area contributed by atoms with Gasteiger partial charge in [-0.05, 0) is 35.9 Å². The average Bonchev–Trinajstić information content (AvgIpc) is 3.35. The SMILES string of the molecule is NS(=O)(=O)c1ccc(Cc2c(-c3ccc(F)c(F)c3)[nH]n(-c3nc(C=O)cs3)c2=O)cc1. The molecule has 4 rings (SSSR count). The van der Waals surface area contributed by atoms with Crippen molar-refractivity contribution < 1.29 is 22.0 Å². The number of nitrogens with one attached hydrogen (secondary N) is 1. The molecule has 164 valence electrons. The maximum Gasteiger partial charge on any atom is 0.277 e. The highest BCUT2D eigenvalue weighted by molar-refractivity contribution is 7.89. The Morgan fingerprint density at radius 2 is 1.84 bits per heavy atom. The topological polar surface area (TPSA) is 128 Å². The van der Waals surface area contributed by atoms with Crippen LogP contribution in [0.4, 0.5) is 8.78 Å². The van der Waals surface area contributed by atoms with Crippen LogP contribution in [0.2, 0.25) is 0 Å². The summed E-state index contributed by atoms with van der Waals surface area (Å²) < 4.78 is 51.3. The summed E-state index contributed by atoms with van der Waals surface area (Å²) in [6.45, 7) is 0. The lowest BCUT2D eigenvalue weighted by Crippen LogP contribution is -2.17. The number of nitrogens with zero attached hydrogens (tertiary/aromatic N) is 2. The van der Waals surface area contributed by atoms with E-state index in [1.165, 1.54) is 35.7 Å². The van der Waals surface area contributed by atoms with Gasteiger partial charge < -0.3 is 0 Å². The van der Waals surface area contributed by atoms with Gasteiger partial charge in [0.05, 0.1) is 10.6 Å². The molecular formula is C20H14F2N4O4S2. The molecule has 2 aromatic heterocycles. The van der Waals surface area contributed by atoms with Crippen molar-refractivity contribution in [3.8, 4) is 16.4 Å². The summed E-state index contributed by atoms with van der Waals surface area (Å²) in [7, 11) is -3.88. The summed E-state index contributed by atoms with van der Waals surface area (Å²) in [5.74, 6) is -2.12. The zero-order chi connectivity index (χ0) is 23.0. The van der Waals surface area contributed by atoms with Crippen LogP contribution < -0.4 is 10.7 Å². The van der Waals surface area contributed by atoms with Gasteiger partial charge in [0.25, 0.3) is 5.56 Å². The predicted octanol–water partition coefficient (Wildman–Crippen LogP) is 2.62. The van der Waals surface area contributed by atoms with Gasteiger partial charge in [-0.2, -0.15) is 4.68 Å². The van der Waals surface area contributed by atoms with E-state index in [2.05, 4.69) is 10.1 Å². The van der Waals surface area contributed by atoms with E-state index in [4.69, 9.17) is 5.14 Å². The van der Waals surface area contributed by atoms with Crippen molar-refractivity contribution in [3.63, 3.8) is 0 Å². The van der Waals surface area contributed by atoms with Gasteiger partial charge in [0.15, 0.2) is 17.9 Å². The molecule has 4 aromatic rings. The third-order valence-electron chi connectivity index (χ3n) is 4.65. The summed E-state index contributed by atoms with van der Waals surface area (Å²) in [6, 6.07) is 8.84. The van der Waals surface area contributed by atoms with Crippen LogP contribution in [-0.2, 0) is 16.4 Å². The molecule has 0 unspecified atom stereocenters. The molecule has 0 spiro atoms. The molecule has 0 bridgehead atoms. The monoisotopic (exact) mass is 476 g/mol. The number of hydrogen-bond donors (Lipinski definition) is 2. The summed E-state index contributed by atoms with van der Waals surface area (Å²) in [5, 5.41) is 9.62. The van der Waals surface area contributed by atoms with Crippen molar-refractivity contribution in [1.29, 1.82) is 0 Å². The van der Waals surface area contributed by atoms with E-state index in [9.17, 15) is 26.8 Å². The molecule has 0 radical (unpaired) electrons. The Hall–Kier alpha value is -3.48. The summed E-state index contributed by atoms with van der Waals surface area (Å²) in [6.07, 6.45) is 0.589. The fourth-order valence-corrected chi connectivity index (χ4v) is 4.34. The van der Waals surface area contributed by atoms with E-state index in [1.807, 2.05) is 0 Å². The molecule has 0 amide bonds. The Morgan fingerprint density at radius 1 is 1.12 bits per heavy atom. The lowest BCUT2D eigenvalue weighted by atomic mass is 10.0. The van der Waals surface area contributed by atoms with Gasteiger partial charge in [-0.3, -0.25) is 14.7 Å². The number of H-pyrrole nitrogens is 1. The van der Waals surface area contributed by atoms with Crippen LogP contribution in [0.25, 0.3) is 16.4 Å². The van der Waals surface area contributed by atoms with Crippen LogP contribution in [0.5, 0.6) is 0 Å². The van der Waals surface area contributed by atoms with Gasteiger partial charge in [-0.15, -0.1) is 11.3 Å². The van der Waals surface area contributed by atoms with Crippen molar-refractivity contribution in [1.82, 2.24) is 14.8 Å². The minimum absolute atomic E-state index is 0.0491. The van der Waals surface area contributed by atoms with Gasteiger partial charge in [0, 0.05) is 22.9 Å². The number of aromatic nitrogens is 3. The first kappa shape index (κ1) is 21.7. The number of carbonyl (C=O) groups is 1. The fourth-order valence-electron chi connectivity index (χ4n) is 3.10. The molecule has 0 aliphatic carbocycles. The highest BCUT2D eigenvalue weighted by Gasteiger charge is 2.20. The number of aldehydes is 1. The molecule has 12 heteroatoms. The molecule has 0 fully saturated rings. The Morgan fingerprint density at radius 3 is 2.44 bits per heavy atom. The van der Waals surface area contributed by atoms with Crippen LogP contribution in [0.15, 0.2) is 57.5 Å². The van der Waals surface area contributed by atoms with Crippen LogP contribution in [0.1, 0.15) is 21.6 Å². The minimum atomic E-state index is -3.88. The molecule has 3 N–H and O–H groups in total. The van der Waals surface area contributed by atoms with Gasteiger partial charge in [0.1, 0.15) is 5.69 Å². The number of sulfonamides is 1. The van der Waals surface area contributed by atoms with Crippen LogP contribution in [-0.4, -0.2) is 29.5 Å². The van der Waals surface area contributed by atoms with E-state index in [0.717, 1.165) is 28.2 Å². The highest BCUT2D eigenvalue weighted by Crippen LogP contribution is 2.25. The molecule has 2 aromatic carbocycles. The normalized spacial score (nSPS) is 11.6. The molecule has 8 nitrogen and oxygen atoms in total. The molecule has 0 saturated heterocycles. The first-order valence-corrected chi connectivity index (χ1v) is 11.4. The van der Waals surface area contributed by atoms with E-state index in [-0.39, 0.29) is 39.0 Å². The quantitative estimate of drug-likeness (QED) is 0.414. The van der Waals surface area contributed by atoms with Crippen LogP contribution >= 0.6 is 11.3 Å². The molecule has 0 atom stereocenters. The van der Waals surface area contributed by atoms with Crippen molar-refractivity contribution in [2.24, 2.45) is 5.14 Å². The number of aromatic amines is 1. The first-order valence-electron chi connectivity index (χ1n) is 8.99. The number of thiazole rings is 1. The zero-order valence-electron chi connectivity index (χ0n) is 16.1. The third kappa shape index (κ3) is 4.15. The number of primary sulfonamides is 1. The van der Waals surface area contributed by atoms with Gasteiger partial charge in [-0.25, -0.2) is 27.3 Å². The smallest absolute Gasteiger partial charge is 0.277 e. The maximum atomic E-state index is 13.9. The number of rotatable bonds is 6. The van der Waals surface area contributed by atoms with Crippen molar-refractivity contribution in [3.05, 3.63) is 86.7 Å². The number of hydrogen-bond acceptors (Lipinski definition) is 6. The van der Waals surface area contributed by atoms with Crippen molar-refractivity contribution in [2.75, 3.05) is 0 Å². The van der Waals surface area contributed by atoms with Crippen LogP contribution in [0, 0.1) is 11.6 Å². The minimum Gasteiger partial charge on any atom is -0.296 e. The van der Waals surface area contributed by atoms with Gasteiger partial charge >= 0.3 is 0 Å². The second-order valence-electron chi connectivity index (χ2n) is 6.77. The largest absolute Gasteiger partial charge is 0.296 e. The Labute approximate surface area is 184 Å². The number of carbonyl (C=O) groups excluding carboxylic acids is 1. The predicted molar refractivity (Wildman–Crippen MR) is 113 cm³/mol. The molecule has 0 aliphatic heterocycles. The van der Waals surface area contributed by atoms with Crippen molar-refractivity contribution in [2.45, 2.75) is 11.3 Å². The van der Waals surface area contributed by atoms with E-state index < -0.39 is 27.2 Å². The average molecular weight is 476 g/mol. The number of halogens is 2. The summed E-state index contributed by atoms with van der Waals surface area (Å²) in [4.78, 5) is 28.1. The molecule has 0 saturated carbocycles. The lowest BCUT2D eigenvalue weighted by molar-refractivity contribution is 0.111. The molecular weight excluding hydrogens is 462 g/mol. The second kappa shape index (κ2) is 8.22. The Bertz CT molecular complexity index is 1490. The third-order valence-corrected chi connectivity index (χ3v) is 6.42. The zero-order valence-corrected chi connectivity index (χ0v) is 17.7. The highest BCUT2D eigenvalue weighted by atomic mass is 32.2. The lowest BCUT2D eigenvalue weighted by Gasteiger charge is -2.05. The van der Waals surface area contributed by atoms with Gasteiger partial charge in [0.2, 0.25) is 15.2 Å². The molecule has 0 aliphatic rings. The second-order valence-corrected chi connectivity index (χ2v) is 9.17. The summed E-state index contributed by atoms with van der Waals surface area (Å²) >= 11 is 1.05. The van der Waals surface area contributed by atoms with E-state index >= 15 is 0 Å². The van der Waals surface area contributed by atoms with Gasteiger partial charge in [-0.1, -0.05) is 12.1 Å². The summed E-state index contributed by atoms with van der Waals surface area (Å²) in [5.41, 5.74) is 0.878.